The molecular formula is C17H22OSSi. The highest BCUT2D eigenvalue weighted by atomic mass is 32.1. The summed E-state index contributed by atoms with van der Waals surface area (Å²) in [5, 5.41) is 2.59. The number of hydrogen-bond donors (Lipinski definition) is 1. The van der Waals surface area contributed by atoms with Gasteiger partial charge in [-0.2, -0.15) is 0 Å². The monoisotopic (exact) mass is 302 g/mol. The Morgan fingerprint density at radius 1 is 0.950 bits per heavy atom. The molecule has 0 saturated carbocycles. The van der Waals surface area contributed by atoms with Crippen molar-refractivity contribution >= 4 is 31.3 Å². The van der Waals surface area contributed by atoms with E-state index >= 15 is 0 Å². The van der Waals surface area contributed by atoms with Gasteiger partial charge in [0.2, 0.25) is 0 Å². The summed E-state index contributed by atoms with van der Waals surface area (Å²) in [6.45, 7) is 4.42. The average molecular weight is 303 g/mol. The maximum atomic E-state index is 6.45. The molecule has 2 rings (SSSR count). The summed E-state index contributed by atoms with van der Waals surface area (Å²) < 4.78 is 6.45. The minimum atomic E-state index is -2.18. The van der Waals surface area contributed by atoms with Crippen LogP contribution in [0.25, 0.3) is 0 Å². The minimum Gasteiger partial charge on any atom is -0.397 e. The standard InChI is InChI=1S/C17H22OSSi/c1-3-10-17(19)18-20(2,15-11-6-4-7-12-15)16-13-8-5-9-14-16/h4-9,11-14,17,19H,3,10H2,1-2H3. The third kappa shape index (κ3) is 3.54. The van der Waals surface area contributed by atoms with Crippen LogP contribution in [0.4, 0.5) is 0 Å². The van der Waals surface area contributed by atoms with Gasteiger partial charge in [-0.1, -0.05) is 74.0 Å². The number of thiol groups is 1. The van der Waals surface area contributed by atoms with Crippen molar-refractivity contribution in [1.29, 1.82) is 0 Å². The van der Waals surface area contributed by atoms with Gasteiger partial charge in [-0.25, -0.2) is 0 Å². The van der Waals surface area contributed by atoms with Crippen molar-refractivity contribution in [1.82, 2.24) is 0 Å². The Morgan fingerprint density at radius 3 is 1.80 bits per heavy atom. The van der Waals surface area contributed by atoms with Gasteiger partial charge in [0.1, 0.15) is 0 Å². The molecule has 0 heterocycles. The molecule has 0 radical (unpaired) electrons. The molecule has 0 aliphatic rings. The first kappa shape index (κ1) is 15.4. The van der Waals surface area contributed by atoms with Crippen molar-refractivity contribution in [3.63, 3.8) is 0 Å². The highest BCUT2D eigenvalue weighted by Crippen LogP contribution is 2.15. The molecule has 20 heavy (non-hydrogen) atoms. The summed E-state index contributed by atoms with van der Waals surface area (Å²) in [7, 11) is -2.18. The Hall–Kier alpha value is -1.03. The van der Waals surface area contributed by atoms with E-state index < -0.39 is 8.32 Å². The second-order valence-corrected chi connectivity index (χ2v) is 9.16. The van der Waals surface area contributed by atoms with Gasteiger partial charge in [0.05, 0.1) is 5.44 Å². The van der Waals surface area contributed by atoms with Gasteiger partial charge in [-0.3, -0.25) is 0 Å². The molecule has 0 aliphatic carbocycles. The lowest BCUT2D eigenvalue weighted by Crippen LogP contribution is -2.59. The van der Waals surface area contributed by atoms with Gasteiger partial charge in [-0.05, 0) is 23.3 Å². The Bertz CT molecular complexity index is 476. The largest absolute Gasteiger partial charge is 0.397 e. The molecule has 0 aliphatic heterocycles. The van der Waals surface area contributed by atoms with Crippen molar-refractivity contribution in [3.05, 3.63) is 60.7 Å². The lowest BCUT2D eigenvalue weighted by atomic mass is 10.4. The molecule has 1 atom stereocenters. The molecule has 1 unspecified atom stereocenters. The summed E-state index contributed by atoms with van der Waals surface area (Å²) >= 11 is 4.62. The van der Waals surface area contributed by atoms with Gasteiger partial charge >= 0.3 is 0 Å². The maximum absolute atomic E-state index is 6.45. The maximum Gasteiger partial charge on any atom is 0.254 e. The third-order valence-corrected chi connectivity index (χ3v) is 7.74. The van der Waals surface area contributed by atoms with Crippen molar-refractivity contribution in [3.8, 4) is 0 Å². The van der Waals surface area contributed by atoms with Crippen LogP contribution in [0.1, 0.15) is 19.8 Å². The fourth-order valence-electron chi connectivity index (χ4n) is 2.39. The molecule has 106 valence electrons. The second-order valence-electron chi connectivity index (χ2n) is 5.13. The molecule has 0 amide bonds. The van der Waals surface area contributed by atoms with E-state index in [1.54, 1.807) is 0 Å². The van der Waals surface area contributed by atoms with Crippen LogP contribution in [-0.4, -0.2) is 13.8 Å². The number of hydrogen-bond acceptors (Lipinski definition) is 2. The molecule has 2 aromatic carbocycles. The van der Waals surface area contributed by atoms with Crippen LogP contribution in [0.15, 0.2) is 60.7 Å². The van der Waals surface area contributed by atoms with Gasteiger partial charge in [0.15, 0.2) is 0 Å². The zero-order valence-electron chi connectivity index (χ0n) is 12.1. The number of benzene rings is 2. The molecule has 0 aromatic heterocycles. The normalized spacial score (nSPS) is 13.2. The summed E-state index contributed by atoms with van der Waals surface area (Å²) in [5.74, 6) is 0. The highest BCUT2D eigenvalue weighted by molar-refractivity contribution is 7.80. The van der Waals surface area contributed by atoms with Crippen LogP contribution in [0, 0.1) is 0 Å². The van der Waals surface area contributed by atoms with Crippen molar-refractivity contribution in [2.24, 2.45) is 0 Å². The quantitative estimate of drug-likeness (QED) is 0.488. The van der Waals surface area contributed by atoms with Gasteiger partial charge in [0, 0.05) is 0 Å². The second kappa shape index (κ2) is 7.11. The Kier molecular flexibility index (Phi) is 5.46. The van der Waals surface area contributed by atoms with E-state index in [0.29, 0.717) is 0 Å². The van der Waals surface area contributed by atoms with E-state index in [9.17, 15) is 0 Å². The Labute approximate surface area is 128 Å². The summed E-state index contributed by atoms with van der Waals surface area (Å²) in [6.07, 6.45) is 2.06. The topological polar surface area (TPSA) is 9.23 Å². The first-order chi connectivity index (χ1) is 9.66. The van der Waals surface area contributed by atoms with E-state index in [0.717, 1.165) is 12.8 Å². The van der Waals surface area contributed by atoms with Gasteiger partial charge in [-0.15, -0.1) is 12.6 Å². The first-order valence-electron chi connectivity index (χ1n) is 7.13. The molecule has 0 spiro atoms. The predicted molar refractivity (Wildman–Crippen MR) is 92.5 cm³/mol. The van der Waals surface area contributed by atoms with Crippen LogP contribution >= 0.6 is 12.6 Å². The number of rotatable bonds is 6. The van der Waals surface area contributed by atoms with Crippen molar-refractivity contribution in [2.75, 3.05) is 0 Å². The van der Waals surface area contributed by atoms with Crippen LogP contribution in [0.2, 0.25) is 6.55 Å². The fourth-order valence-corrected chi connectivity index (χ4v) is 6.21. The van der Waals surface area contributed by atoms with E-state index in [1.807, 2.05) is 12.1 Å². The average Bonchev–Trinajstić information content (AvgIpc) is 2.49. The zero-order chi connectivity index (χ0) is 14.4. The zero-order valence-corrected chi connectivity index (χ0v) is 14.0. The molecule has 0 bridgehead atoms. The minimum absolute atomic E-state index is 0.00270. The van der Waals surface area contributed by atoms with Crippen molar-refractivity contribution in [2.45, 2.75) is 31.7 Å². The molecular weight excluding hydrogens is 280 g/mol. The van der Waals surface area contributed by atoms with E-state index in [4.69, 9.17) is 4.43 Å². The van der Waals surface area contributed by atoms with E-state index in [-0.39, 0.29) is 5.44 Å². The summed E-state index contributed by atoms with van der Waals surface area (Å²) in [6, 6.07) is 21.1. The van der Waals surface area contributed by atoms with Crippen molar-refractivity contribution < 1.29 is 4.43 Å². The van der Waals surface area contributed by atoms with Crippen LogP contribution < -0.4 is 10.4 Å². The summed E-state index contributed by atoms with van der Waals surface area (Å²) in [5.41, 5.74) is -0.00270. The predicted octanol–water partition coefficient (Wildman–Crippen LogP) is 3.45. The molecule has 0 fully saturated rings. The van der Waals surface area contributed by atoms with Gasteiger partial charge < -0.3 is 4.43 Å². The highest BCUT2D eigenvalue weighted by Gasteiger charge is 2.35. The SMILES string of the molecule is CCCC(S)O[Si](C)(c1ccccc1)c1ccccc1. The van der Waals surface area contributed by atoms with E-state index in [1.165, 1.54) is 10.4 Å². The molecule has 3 heteroatoms. The molecule has 1 nitrogen and oxygen atoms in total. The third-order valence-electron chi connectivity index (χ3n) is 3.56. The van der Waals surface area contributed by atoms with Crippen LogP contribution in [-0.2, 0) is 4.43 Å². The smallest absolute Gasteiger partial charge is 0.254 e. The van der Waals surface area contributed by atoms with Crippen LogP contribution in [0.5, 0.6) is 0 Å². The molecule has 2 aromatic rings. The first-order valence-corrected chi connectivity index (χ1v) is 10.1. The molecule has 0 N–H and O–H groups in total. The van der Waals surface area contributed by atoms with Crippen LogP contribution in [0.3, 0.4) is 0 Å². The Balaban J connectivity index is 2.38. The Morgan fingerprint density at radius 2 is 1.40 bits per heavy atom. The van der Waals surface area contributed by atoms with Gasteiger partial charge in [0.25, 0.3) is 8.32 Å². The van der Waals surface area contributed by atoms with E-state index in [2.05, 4.69) is 74.6 Å². The lowest BCUT2D eigenvalue weighted by molar-refractivity contribution is 0.278. The fraction of sp³-hybridized carbons (Fsp3) is 0.294. The lowest BCUT2D eigenvalue weighted by Gasteiger charge is -2.31. The summed E-state index contributed by atoms with van der Waals surface area (Å²) in [4.78, 5) is 0. The molecule has 0 saturated heterocycles.